The van der Waals surface area contributed by atoms with Gasteiger partial charge < -0.3 is 15.4 Å². The van der Waals surface area contributed by atoms with Crippen molar-refractivity contribution in [2.75, 3.05) is 31.3 Å². The van der Waals surface area contributed by atoms with E-state index in [0.717, 1.165) is 12.5 Å². The molecule has 1 aromatic rings. The van der Waals surface area contributed by atoms with E-state index in [1.165, 1.54) is 13.5 Å². The lowest BCUT2D eigenvalue weighted by molar-refractivity contribution is 0.0601. The minimum atomic E-state index is -0.417. The van der Waals surface area contributed by atoms with Crippen molar-refractivity contribution in [1.82, 2.24) is 0 Å². The number of ether oxygens (including phenoxy) is 1. The summed E-state index contributed by atoms with van der Waals surface area (Å²) in [6.07, 6.45) is 1.23. The number of hydrogen-bond acceptors (Lipinski definition) is 4. The van der Waals surface area contributed by atoms with E-state index < -0.39 is 5.97 Å². The number of benzene rings is 1. The van der Waals surface area contributed by atoms with Gasteiger partial charge in [-0.25, -0.2) is 4.79 Å². The molecule has 1 saturated carbocycles. The highest BCUT2D eigenvalue weighted by molar-refractivity contribution is 6.34. The van der Waals surface area contributed by atoms with Crippen LogP contribution in [0, 0.1) is 11.8 Å². The van der Waals surface area contributed by atoms with Crippen LogP contribution in [0.15, 0.2) is 12.1 Å². The number of carbonyl (C=O) groups excluding carboxylic acids is 1. The Morgan fingerprint density at radius 1 is 1.58 bits per heavy atom. The fourth-order valence-electron chi connectivity index (χ4n) is 2.37. The van der Waals surface area contributed by atoms with Gasteiger partial charge in [0.1, 0.15) is 0 Å². The number of esters is 1. The molecule has 1 aliphatic carbocycles. The normalized spacial score (nSPS) is 21.1. The highest BCUT2D eigenvalue weighted by Crippen LogP contribution is 2.40. The van der Waals surface area contributed by atoms with Crippen LogP contribution in [-0.2, 0) is 4.74 Å². The van der Waals surface area contributed by atoms with Gasteiger partial charge in [-0.3, -0.25) is 0 Å². The lowest BCUT2D eigenvalue weighted by atomic mass is 10.1. The van der Waals surface area contributed by atoms with Crippen molar-refractivity contribution in [3.8, 4) is 0 Å². The number of nitrogens with two attached hydrogens (primary N) is 1. The molecule has 5 heteroatoms. The van der Waals surface area contributed by atoms with Gasteiger partial charge in [0, 0.05) is 19.3 Å². The van der Waals surface area contributed by atoms with Crippen LogP contribution < -0.4 is 10.6 Å². The molecule has 0 spiro atoms. The molecule has 1 aliphatic rings. The van der Waals surface area contributed by atoms with Gasteiger partial charge in [-0.05, 0) is 30.4 Å². The smallest absolute Gasteiger partial charge is 0.340 e. The maximum atomic E-state index is 11.8. The number of carbonyl (C=O) groups is 1. The maximum Gasteiger partial charge on any atom is 0.340 e. The van der Waals surface area contributed by atoms with Crippen LogP contribution in [0.5, 0.6) is 0 Å². The Kier molecular flexibility index (Phi) is 3.90. The number of anilines is 2. The molecule has 0 amide bonds. The Labute approximate surface area is 118 Å². The van der Waals surface area contributed by atoms with E-state index in [4.69, 9.17) is 22.1 Å². The first-order valence-corrected chi connectivity index (χ1v) is 6.70. The van der Waals surface area contributed by atoms with E-state index in [9.17, 15) is 4.79 Å². The van der Waals surface area contributed by atoms with Crippen molar-refractivity contribution >= 4 is 28.9 Å². The molecule has 0 aromatic heterocycles. The molecule has 2 rings (SSSR count). The molecular formula is C14H19ClN2O2. The zero-order chi connectivity index (χ0) is 14.2. The lowest BCUT2D eigenvalue weighted by Crippen LogP contribution is -2.23. The third kappa shape index (κ3) is 2.95. The molecule has 2 N–H and O–H groups in total. The average molecular weight is 283 g/mol. The van der Waals surface area contributed by atoms with Crippen molar-refractivity contribution in [2.24, 2.45) is 11.8 Å². The highest BCUT2D eigenvalue weighted by Gasteiger charge is 2.34. The minimum absolute atomic E-state index is 0.417. The van der Waals surface area contributed by atoms with Gasteiger partial charge in [-0.15, -0.1) is 0 Å². The van der Waals surface area contributed by atoms with Crippen molar-refractivity contribution in [1.29, 1.82) is 0 Å². The van der Waals surface area contributed by atoms with Gasteiger partial charge >= 0.3 is 5.97 Å². The molecule has 0 bridgehead atoms. The van der Waals surface area contributed by atoms with Crippen LogP contribution in [-0.4, -0.2) is 26.7 Å². The van der Waals surface area contributed by atoms with Crippen LogP contribution in [0.4, 0.5) is 11.4 Å². The summed E-state index contributed by atoms with van der Waals surface area (Å²) in [5.74, 6) is 1.00. The van der Waals surface area contributed by atoms with Gasteiger partial charge in [-0.1, -0.05) is 18.5 Å². The van der Waals surface area contributed by atoms with E-state index in [1.54, 1.807) is 12.1 Å². The van der Waals surface area contributed by atoms with Crippen LogP contribution >= 0.6 is 11.6 Å². The summed E-state index contributed by atoms with van der Waals surface area (Å²) in [5, 5.41) is 0.483. The second-order valence-corrected chi connectivity index (χ2v) is 5.65. The molecule has 104 valence electrons. The largest absolute Gasteiger partial charge is 0.465 e. The van der Waals surface area contributed by atoms with E-state index in [1.807, 2.05) is 11.9 Å². The number of halogens is 1. The number of nitrogens with zero attached hydrogens (tertiary/aromatic N) is 1. The van der Waals surface area contributed by atoms with Gasteiger partial charge in [0.25, 0.3) is 0 Å². The van der Waals surface area contributed by atoms with Gasteiger partial charge in [0.2, 0.25) is 0 Å². The van der Waals surface area contributed by atoms with Gasteiger partial charge in [-0.2, -0.15) is 0 Å². The predicted molar refractivity (Wildman–Crippen MR) is 77.7 cm³/mol. The zero-order valence-electron chi connectivity index (χ0n) is 11.4. The van der Waals surface area contributed by atoms with Gasteiger partial charge in [0.05, 0.1) is 23.4 Å². The number of hydrogen-bond donors (Lipinski definition) is 1. The number of nitrogen functional groups attached to an aromatic ring is 1. The standard InChI is InChI=1S/C14H19ClN2O2/c1-8-4-9(8)7-17(2)13-11(14(18)19-3)5-10(16)6-12(13)15/h5-6,8-9H,4,7,16H2,1-3H3. The lowest BCUT2D eigenvalue weighted by Gasteiger charge is -2.23. The third-order valence-corrected chi connectivity index (χ3v) is 3.95. The molecule has 0 radical (unpaired) electrons. The Hall–Kier alpha value is -1.42. The van der Waals surface area contributed by atoms with Gasteiger partial charge in [0.15, 0.2) is 0 Å². The van der Waals surface area contributed by atoms with Crippen LogP contribution in [0.2, 0.25) is 5.02 Å². The van der Waals surface area contributed by atoms with Crippen LogP contribution in [0.25, 0.3) is 0 Å². The van der Waals surface area contributed by atoms with Crippen molar-refractivity contribution in [2.45, 2.75) is 13.3 Å². The summed E-state index contributed by atoms with van der Waals surface area (Å²) in [6.45, 7) is 3.11. The Morgan fingerprint density at radius 3 is 2.74 bits per heavy atom. The second kappa shape index (κ2) is 5.29. The molecule has 0 heterocycles. The first-order chi connectivity index (χ1) is 8.93. The van der Waals surface area contributed by atoms with Crippen molar-refractivity contribution in [3.05, 3.63) is 22.7 Å². The fraction of sp³-hybridized carbons (Fsp3) is 0.500. The Morgan fingerprint density at radius 2 is 2.21 bits per heavy atom. The van der Waals surface area contributed by atoms with Crippen LogP contribution in [0.3, 0.4) is 0 Å². The highest BCUT2D eigenvalue weighted by atomic mass is 35.5. The fourth-order valence-corrected chi connectivity index (χ4v) is 2.74. The van der Waals surface area contributed by atoms with Crippen LogP contribution in [0.1, 0.15) is 23.7 Å². The molecular weight excluding hydrogens is 264 g/mol. The zero-order valence-corrected chi connectivity index (χ0v) is 12.2. The van der Waals surface area contributed by atoms with E-state index in [-0.39, 0.29) is 0 Å². The number of methoxy groups -OCH3 is 1. The minimum Gasteiger partial charge on any atom is -0.465 e. The summed E-state index contributed by atoms with van der Waals surface area (Å²) >= 11 is 6.24. The molecule has 2 atom stereocenters. The second-order valence-electron chi connectivity index (χ2n) is 5.24. The quantitative estimate of drug-likeness (QED) is 0.681. The summed E-state index contributed by atoms with van der Waals surface area (Å²) < 4.78 is 4.80. The Bertz CT molecular complexity index is 504. The molecule has 0 saturated heterocycles. The molecule has 19 heavy (non-hydrogen) atoms. The number of rotatable bonds is 4. The summed E-state index contributed by atoms with van der Waals surface area (Å²) in [4.78, 5) is 13.9. The first-order valence-electron chi connectivity index (χ1n) is 6.32. The van der Waals surface area contributed by atoms with E-state index in [2.05, 4.69) is 6.92 Å². The van der Waals surface area contributed by atoms with E-state index in [0.29, 0.717) is 27.9 Å². The summed E-state index contributed by atoms with van der Waals surface area (Å²) in [6, 6.07) is 3.27. The van der Waals surface area contributed by atoms with Crippen molar-refractivity contribution < 1.29 is 9.53 Å². The summed E-state index contributed by atoms with van der Waals surface area (Å²) in [5.41, 5.74) is 7.32. The maximum absolute atomic E-state index is 11.8. The third-order valence-electron chi connectivity index (χ3n) is 3.66. The Balaban J connectivity index is 2.33. The first kappa shape index (κ1) is 14.0. The molecule has 1 fully saturated rings. The predicted octanol–water partition coefficient (Wildman–Crippen LogP) is 2.80. The monoisotopic (exact) mass is 282 g/mol. The molecule has 4 nitrogen and oxygen atoms in total. The molecule has 0 aliphatic heterocycles. The van der Waals surface area contributed by atoms with Crippen molar-refractivity contribution in [3.63, 3.8) is 0 Å². The molecule has 2 unspecified atom stereocenters. The topological polar surface area (TPSA) is 55.6 Å². The summed E-state index contributed by atoms with van der Waals surface area (Å²) in [7, 11) is 3.29. The average Bonchev–Trinajstić information content (AvgIpc) is 3.02. The SMILES string of the molecule is COC(=O)c1cc(N)cc(Cl)c1N(C)CC1CC1C. The molecule has 1 aromatic carbocycles. The van der Waals surface area contributed by atoms with E-state index >= 15 is 0 Å².